The van der Waals surface area contributed by atoms with Gasteiger partial charge in [0.25, 0.3) is 0 Å². The molecule has 20 heavy (non-hydrogen) atoms. The topological polar surface area (TPSA) is 22.0 Å². The van der Waals surface area contributed by atoms with Crippen LogP contribution in [0.1, 0.15) is 15.9 Å². The number of benzene rings is 2. The van der Waals surface area contributed by atoms with Gasteiger partial charge in [0.1, 0.15) is 0 Å². The molecule has 1 aromatic heterocycles. The summed E-state index contributed by atoms with van der Waals surface area (Å²) >= 11 is 3.38. The highest BCUT2D eigenvalue weighted by molar-refractivity contribution is 9.10. The molecule has 1 heterocycles. The van der Waals surface area contributed by atoms with Crippen molar-refractivity contribution in [3.8, 4) is 0 Å². The summed E-state index contributed by atoms with van der Waals surface area (Å²) in [6, 6.07) is 15.7. The van der Waals surface area contributed by atoms with E-state index >= 15 is 0 Å². The monoisotopic (exact) mass is 327 g/mol. The normalized spacial score (nSPS) is 10.9. The molecule has 0 fully saturated rings. The molecule has 3 rings (SSSR count). The number of ketones is 1. The van der Waals surface area contributed by atoms with E-state index in [-0.39, 0.29) is 5.78 Å². The summed E-state index contributed by atoms with van der Waals surface area (Å²) < 4.78 is 2.99. The van der Waals surface area contributed by atoms with Gasteiger partial charge >= 0.3 is 0 Å². The number of hydrogen-bond acceptors (Lipinski definition) is 1. The average Bonchev–Trinajstić information content (AvgIpc) is 2.84. The maximum absolute atomic E-state index is 12.3. The molecule has 0 atom stereocenters. The van der Waals surface area contributed by atoms with Crippen LogP contribution in [0, 0.1) is 6.92 Å². The molecule has 2 nitrogen and oxygen atoms in total. The zero-order chi connectivity index (χ0) is 14.1. The van der Waals surface area contributed by atoms with E-state index in [1.807, 2.05) is 41.1 Å². The number of carbonyl (C=O) groups excluding carboxylic acids is 1. The van der Waals surface area contributed by atoms with Crippen LogP contribution in [0.2, 0.25) is 0 Å². The van der Waals surface area contributed by atoms with Crippen LogP contribution in [-0.4, -0.2) is 10.4 Å². The summed E-state index contributed by atoms with van der Waals surface area (Å²) in [6.45, 7) is 2.46. The predicted octanol–water partition coefficient (Wildman–Crippen LogP) is 4.60. The molecule has 0 N–H and O–H groups in total. The lowest BCUT2D eigenvalue weighted by Crippen LogP contribution is -2.09. The fourth-order valence-corrected chi connectivity index (χ4v) is 2.66. The summed E-state index contributed by atoms with van der Waals surface area (Å²) in [6.07, 6.45) is 1.98. The molecule has 0 unspecified atom stereocenters. The number of aromatic nitrogens is 1. The second-order valence-electron chi connectivity index (χ2n) is 4.88. The molecule has 0 radical (unpaired) electrons. The van der Waals surface area contributed by atoms with E-state index in [2.05, 4.69) is 41.1 Å². The van der Waals surface area contributed by atoms with Crippen molar-refractivity contribution in [2.24, 2.45) is 0 Å². The molecule has 2 aromatic carbocycles. The molecule has 0 amide bonds. The first-order valence-corrected chi connectivity index (χ1v) is 7.28. The van der Waals surface area contributed by atoms with Crippen molar-refractivity contribution in [1.29, 1.82) is 0 Å². The highest BCUT2D eigenvalue weighted by Crippen LogP contribution is 2.20. The SMILES string of the molecule is Cc1cccc2c1ccn2CC(=O)c1ccc(Br)cc1. The third-order valence-electron chi connectivity index (χ3n) is 3.51. The van der Waals surface area contributed by atoms with Crippen LogP contribution >= 0.6 is 15.9 Å². The molecule has 3 heteroatoms. The number of carbonyl (C=O) groups is 1. The van der Waals surface area contributed by atoms with Crippen molar-refractivity contribution in [2.45, 2.75) is 13.5 Å². The van der Waals surface area contributed by atoms with E-state index in [1.165, 1.54) is 10.9 Å². The molecular weight excluding hydrogens is 314 g/mol. The molecule has 0 aliphatic heterocycles. The maximum atomic E-state index is 12.3. The van der Waals surface area contributed by atoms with Crippen molar-refractivity contribution >= 4 is 32.6 Å². The zero-order valence-corrected chi connectivity index (χ0v) is 12.7. The predicted molar refractivity (Wildman–Crippen MR) is 85.1 cm³/mol. The number of Topliss-reactive ketones (excluding diaryl/α,β-unsaturated/α-hetero) is 1. The Morgan fingerprint density at radius 1 is 1.10 bits per heavy atom. The minimum absolute atomic E-state index is 0.122. The van der Waals surface area contributed by atoms with Crippen LogP contribution in [0.3, 0.4) is 0 Å². The highest BCUT2D eigenvalue weighted by Gasteiger charge is 2.09. The summed E-state index contributed by atoms with van der Waals surface area (Å²) in [5, 5.41) is 1.20. The first-order chi connectivity index (χ1) is 9.65. The minimum atomic E-state index is 0.122. The first-order valence-electron chi connectivity index (χ1n) is 6.48. The van der Waals surface area contributed by atoms with E-state index in [4.69, 9.17) is 0 Å². The lowest BCUT2D eigenvalue weighted by molar-refractivity contribution is 0.0973. The first kappa shape index (κ1) is 13.1. The molecule has 0 spiro atoms. The second kappa shape index (κ2) is 5.25. The molecular formula is C17H14BrNO. The van der Waals surface area contributed by atoms with E-state index < -0.39 is 0 Å². The van der Waals surface area contributed by atoms with Crippen LogP contribution < -0.4 is 0 Å². The number of aryl methyl sites for hydroxylation is 1. The molecule has 0 saturated heterocycles. The Morgan fingerprint density at radius 3 is 2.60 bits per heavy atom. The van der Waals surface area contributed by atoms with E-state index in [0.29, 0.717) is 6.54 Å². The van der Waals surface area contributed by atoms with E-state index in [9.17, 15) is 4.79 Å². The van der Waals surface area contributed by atoms with Gasteiger partial charge in [0.15, 0.2) is 5.78 Å². The van der Waals surface area contributed by atoms with Crippen LogP contribution in [-0.2, 0) is 6.54 Å². The van der Waals surface area contributed by atoms with Gasteiger partial charge in [0.05, 0.1) is 6.54 Å². The molecule has 3 aromatic rings. The Hall–Kier alpha value is -1.87. The number of fused-ring (bicyclic) bond motifs is 1. The summed E-state index contributed by atoms with van der Waals surface area (Å²) in [4.78, 5) is 12.3. The maximum Gasteiger partial charge on any atom is 0.182 e. The zero-order valence-electron chi connectivity index (χ0n) is 11.1. The van der Waals surface area contributed by atoms with Crippen molar-refractivity contribution in [2.75, 3.05) is 0 Å². The Balaban J connectivity index is 1.91. The van der Waals surface area contributed by atoms with Gasteiger partial charge in [-0.05, 0) is 36.8 Å². The van der Waals surface area contributed by atoms with Gasteiger partial charge in [-0.1, -0.05) is 40.2 Å². The number of halogens is 1. The molecule has 0 aliphatic carbocycles. The van der Waals surface area contributed by atoms with Crippen LogP contribution in [0.5, 0.6) is 0 Å². The number of hydrogen-bond donors (Lipinski definition) is 0. The van der Waals surface area contributed by atoms with Crippen molar-refractivity contribution < 1.29 is 4.79 Å². The third-order valence-corrected chi connectivity index (χ3v) is 4.04. The van der Waals surface area contributed by atoms with Gasteiger partial charge in [0, 0.05) is 27.1 Å². The van der Waals surface area contributed by atoms with Crippen LogP contribution in [0.15, 0.2) is 59.2 Å². The summed E-state index contributed by atoms with van der Waals surface area (Å²) in [7, 11) is 0. The summed E-state index contributed by atoms with van der Waals surface area (Å²) in [5.74, 6) is 0.122. The van der Waals surface area contributed by atoms with Gasteiger partial charge in [0.2, 0.25) is 0 Å². The average molecular weight is 328 g/mol. The molecule has 100 valence electrons. The number of nitrogens with zero attached hydrogens (tertiary/aromatic N) is 1. The van der Waals surface area contributed by atoms with Gasteiger partial charge in [-0.15, -0.1) is 0 Å². The lowest BCUT2D eigenvalue weighted by Gasteiger charge is -2.06. The van der Waals surface area contributed by atoms with Gasteiger partial charge in [-0.2, -0.15) is 0 Å². The molecule has 0 saturated carbocycles. The van der Waals surface area contributed by atoms with Gasteiger partial charge < -0.3 is 4.57 Å². The Bertz CT molecular complexity index is 771. The van der Waals surface area contributed by atoms with E-state index in [0.717, 1.165) is 15.6 Å². The van der Waals surface area contributed by atoms with Crippen molar-refractivity contribution in [3.63, 3.8) is 0 Å². The summed E-state index contributed by atoms with van der Waals surface area (Å²) in [5.41, 5.74) is 3.08. The fraction of sp³-hybridized carbons (Fsp3) is 0.118. The lowest BCUT2D eigenvalue weighted by atomic mass is 10.1. The van der Waals surface area contributed by atoms with Crippen LogP contribution in [0.25, 0.3) is 10.9 Å². The quantitative estimate of drug-likeness (QED) is 0.644. The second-order valence-corrected chi connectivity index (χ2v) is 5.80. The standard InChI is InChI=1S/C17H14BrNO/c1-12-3-2-4-16-15(12)9-10-19(16)11-17(20)13-5-7-14(18)8-6-13/h2-10H,11H2,1H3. The highest BCUT2D eigenvalue weighted by atomic mass is 79.9. The van der Waals surface area contributed by atoms with Gasteiger partial charge in [-0.3, -0.25) is 4.79 Å². The Morgan fingerprint density at radius 2 is 1.85 bits per heavy atom. The third kappa shape index (κ3) is 2.41. The van der Waals surface area contributed by atoms with Crippen LogP contribution in [0.4, 0.5) is 0 Å². The van der Waals surface area contributed by atoms with Crippen molar-refractivity contribution in [3.05, 3.63) is 70.3 Å². The smallest absolute Gasteiger partial charge is 0.182 e. The van der Waals surface area contributed by atoms with Crippen molar-refractivity contribution in [1.82, 2.24) is 4.57 Å². The largest absolute Gasteiger partial charge is 0.340 e. The Labute approximate surface area is 126 Å². The van der Waals surface area contributed by atoms with Gasteiger partial charge in [-0.25, -0.2) is 0 Å². The molecule has 0 aliphatic rings. The minimum Gasteiger partial charge on any atom is -0.340 e. The Kier molecular flexibility index (Phi) is 3.45. The fourth-order valence-electron chi connectivity index (χ4n) is 2.40. The molecule has 0 bridgehead atoms. The van der Waals surface area contributed by atoms with E-state index in [1.54, 1.807) is 0 Å². The number of rotatable bonds is 3.